The smallest absolute Gasteiger partial charge is 0.303 e. The largest absolute Gasteiger partial charge is 0.481 e. The van der Waals surface area contributed by atoms with Crippen LogP contribution in [0.25, 0.3) is 10.9 Å². The Kier molecular flexibility index (Phi) is 4.22. The molecule has 0 spiro atoms. The molecule has 0 amide bonds. The van der Waals surface area contributed by atoms with Gasteiger partial charge in [0, 0.05) is 29.1 Å². The van der Waals surface area contributed by atoms with Gasteiger partial charge in [-0.1, -0.05) is 17.7 Å². The number of pyridine rings is 1. The highest BCUT2D eigenvalue weighted by Crippen LogP contribution is 2.27. The summed E-state index contributed by atoms with van der Waals surface area (Å²) in [4.78, 5) is 14.9. The van der Waals surface area contributed by atoms with E-state index >= 15 is 0 Å². The Balaban J connectivity index is 2.22. The quantitative estimate of drug-likeness (QED) is 0.878. The maximum atomic E-state index is 10.6. The van der Waals surface area contributed by atoms with E-state index in [2.05, 4.69) is 10.3 Å². The van der Waals surface area contributed by atoms with E-state index in [1.807, 2.05) is 31.2 Å². The summed E-state index contributed by atoms with van der Waals surface area (Å²) in [5.41, 5.74) is 1.68. The van der Waals surface area contributed by atoms with Crippen molar-refractivity contribution >= 4 is 34.2 Å². The highest BCUT2D eigenvalue weighted by molar-refractivity contribution is 6.31. The van der Waals surface area contributed by atoms with Crippen molar-refractivity contribution in [1.29, 1.82) is 0 Å². The molecule has 0 saturated carbocycles. The number of carbonyl (C=O) groups is 1. The Morgan fingerprint density at radius 2 is 2.32 bits per heavy atom. The summed E-state index contributed by atoms with van der Waals surface area (Å²) >= 11 is 6.07. The van der Waals surface area contributed by atoms with Crippen LogP contribution in [-0.2, 0) is 4.79 Å². The van der Waals surface area contributed by atoms with Crippen LogP contribution in [0.15, 0.2) is 30.5 Å². The van der Waals surface area contributed by atoms with Gasteiger partial charge >= 0.3 is 5.97 Å². The standard InChI is InChI=1S/C14H15ClN2O2/c1-9(4-5-13(18)19)17-12-8-11(15)7-10-3-2-6-16-14(10)12/h2-3,6-9,17H,4-5H2,1H3,(H,18,19). The van der Waals surface area contributed by atoms with E-state index in [1.54, 1.807) is 6.20 Å². The highest BCUT2D eigenvalue weighted by Gasteiger charge is 2.09. The number of aliphatic carboxylic acids is 1. The number of halogens is 1. The molecular formula is C14H15ClN2O2. The molecule has 19 heavy (non-hydrogen) atoms. The molecule has 0 radical (unpaired) electrons. The summed E-state index contributed by atoms with van der Waals surface area (Å²) in [6.45, 7) is 1.94. The first-order valence-electron chi connectivity index (χ1n) is 6.09. The lowest BCUT2D eigenvalue weighted by molar-refractivity contribution is -0.137. The van der Waals surface area contributed by atoms with Crippen LogP contribution in [0, 0.1) is 0 Å². The zero-order chi connectivity index (χ0) is 13.8. The van der Waals surface area contributed by atoms with Gasteiger partial charge in [0.25, 0.3) is 0 Å². The Morgan fingerprint density at radius 1 is 1.53 bits per heavy atom. The number of hydrogen-bond donors (Lipinski definition) is 2. The van der Waals surface area contributed by atoms with Crippen molar-refractivity contribution in [3.8, 4) is 0 Å². The van der Waals surface area contributed by atoms with Crippen molar-refractivity contribution in [3.05, 3.63) is 35.5 Å². The summed E-state index contributed by atoms with van der Waals surface area (Å²) in [5.74, 6) is -0.789. The molecule has 0 aliphatic heterocycles. The van der Waals surface area contributed by atoms with Crippen molar-refractivity contribution < 1.29 is 9.90 Å². The molecule has 1 aromatic heterocycles. The summed E-state index contributed by atoms with van der Waals surface area (Å²) < 4.78 is 0. The fourth-order valence-corrected chi connectivity index (χ4v) is 2.17. The number of anilines is 1. The number of nitrogens with zero attached hydrogens (tertiary/aromatic N) is 1. The predicted octanol–water partition coefficient (Wildman–Crippen LogP) is 3.55. The number of carboxylic acids is 1. The average molecular weight is 279 g/mol. The van der Waals surface area contributed by atoms with E-state index in [-0.39, 0.29) is 12.5 Å². The maximum absolute atomic E-state index is 10.6. The third-order valence-electron chi connectivity index (χ3n) is 2.86. The van der Waals surface area contributed by atoms with Crippen LogP contribution in [0.1, 0.15) is 19.8 Å². The van der Waals surface area contributed by atoms with Crippen molar-refractivity contribution in [3.63, 3.8) is 0 Å². The molecule has 0 saturated heterocycles. The summed E-state index contributed by atoms with van der Waals surface area (Å²) in [6, 6.07) is 7.52. The molecule has 2 rings (SSSR count). The van der Waals surface area contributed by atoms with Crippen LogP contribution >= 0.6 is 11.6 Å². The number of benzene rings is 1. The number of hydrogen-bond acceptors (Lipinski definition) is 3. The first-order valence-corrected chi connectivity index (χ1v) is 6.46. The highest BCUT2D eigenvalue weighted by atomic mass is 35.5. The second-order valence-electron chi connectivity index (χ2n) is 4.51. The maximum Gasteiger partial charge on any atom is 0.303 e. The summed E-state index contributed by atoms with van der Waals surface area (Å²) in [6.07, 6.45) is 2.42. The molecule has 1 aromatic carbocycles. The molecule has 0 fully saturated rings. The van der Waals surface area contributed by atoms with Gasteiger partial charge in [0.05, 0.1) is 11.2 Å². The molecule has 1 heterocycles. The van der Waals surface area contributed by atoms with Gasteiger partial charge in [0.2, 0.25) is 0 Å². The number of carboxylic acid groups (broad SMARTS) is 1. The number of aromatic nitrogens is 1. The van der Waals surface area contributed by atoms with Crippen molar-refractivity contribution in [2.75, 3.05) is 5.32 Å². The normalized spacial score (nSPS) is 12.3. The third-order valence-corrected chi connectivity index (χ3v) is 3.08. The first-order chi connectivity index (χ1) is 9.06. The van der Waals surface area contributed by atoms with Crippen molar-refractivity contribution in [2.45, 2.75) is 25.8 Å². The number of fused-ring (bicyclic) bond motifs is 1. The minimum absolute atomic E-state index is 0.0415. The van der Waals surface area contributed by atoms with Gasteiger partial charge in [0.1, 0.15) is 0 Å². The Bertz CT molecular complexity index is 601. The van der Waals surface area contributed by atoms with Gasteiger partial charge in [-0.2, -0.15) is 0 Å². The van der Waals surface area contributed by atoms with Crippen molar-refractivity contribution in [2.24, 2.45) is 0 Å². The minimum atomic E-state index is -0.789. The second-order valence-corrected chi connectivity index (χ2v) is 4.94. The molecule has 1 unspecified atom stereocenters. The SMILES string of the molecule is CC(CCC(=O)O)Nc1cc(Cl)cc2cccnc12. The Hall–Kier alpha value is -1.81. The van der Waals surface area contributed by atoms with E-state index in [4.69, 9.17) is 16.7 Å². The lowest BCUT2D eigenvalue weighted by atomic mass is 10.1. The fraction of sp³-hybridized carbons (Fsp3) is 0.286. The third kappa shape index (κ3) is 3.58. The predicted molar refractivity (Wildman–Crippen MR) is 76.7 cm³/mol. The van der Waals surface area contributed by atoms with E-state index in [1.165, 1.54) is 0 Å². The van der Waals surface area contributed by atoms with Gasteiger partial charge in [-0.15, -0.1) is 0 Å². The second kappa shape index (κ2) is 5.89. The van der Waals surface area contributed by atoms with Crippen molar-refractivity contribution in [1.82, 2.24) is 4.98 Å². The van der Waals surface area contributed by atoms with E-state index in [0.717, 1.165) is 16.6 Å². The summed E-state index contributed by atoms with van der Waals surface area (Å²) in [5, 5.41) is 13.5. The lowest BCUT2D eigenvalue weighted by Gasteiger charge is -2.16. The van der Waals surface area contributed by atoms with Gasteiger partial charge in [0.15, 0.2) is 0 Å². The fourth-order valence-electron chi connectivity index (χ4n) is 1.94. The average Bonchev–Trinajstić information content (AvgIpc) is 2.36. The monoisotopic (exact) mass is 278 g/mol. The molecule has 1 atom stereocenters. The van der Waals surface area contributed by atoms with E-state index < -0.39 is 5.97 Å². The number of nitrogens with one attached hydrogen (secondary N) is 1. The molecule has 2 N–H and O–H groups in total. The van der Waals surface area contributed by atoms with E-state index in [0.29, 0.717) is 11.4 Å². The van der Waals surface area contributed by atoms with Crippen LogP contribution in [0.2, 0.25) is 5.02 Å². The molecule has 5 heteroatoms. The number of rotatable bonds is 5. The molecular weight excluding hydrogens is 264 g/mol. The van der Waals surface area contributed by atoms with Crippen LogP contribution in [0.5, 0.6) is 0 Å². The molecule has 0 bridgehead atoms. The van der Waals surface area contributed by atoms with Gasteiger partial charge in [-0.3, -0.25) is 9.78 Å². The van der Waals surface area contributed by atoms with Crippen LogP contribution in [0.4, 0.5) is 5.69 Å². The zero-order valence-corrected chi connectivity index (χ0v) is 11.3. The Morgan fingerprint density at radius 3 is 3.05 bits per heavy atom. The topological polar surface area (TPSA) is 62.2 Å². The van der Waals surface area contributed by atoms with Gasteiger partial charge < -0.3 is 10.4 Å². The van der Waals surface area contributed by atoms with Crippen LogP contribution in [-0.4, -0.2) is 22.1 Å². The molecule has 4 nitrogen and oxygen atoms in total. The van der Waals surface area contributed by atoms with Gasteiger partial charge in [-0.05, 0) is 31.5 Å². The molecule has 0 aliphatic carbocycles. The molecule has 0 aliphatic rings. The molecule has 2 aromatic rings. The lowest BCUT2D eigenvalue weighted by Crippen LogP contribution is -2.17. The minimum Gasteiger partial charge on any atom is -0.481 e. The van der Waals surface area contributed by atoms with Crippen LogP contribution in [0.3, 0.4) is 0 Å². The zero-order valence-electron chi connectivity index (χ0n) is 10.6. The van der Waals surface area contributed by atoms with Gasteiger partial charge in [-0.25, -0.2) is 0 Å². The molecule has 100 valence electrons. The first kappa shape index (κ1) is 13.6. The van der Waals surface area contributed by atoms with E-state index in [9.17, 15) is 4.79 Å². The summed E-state index contributed by atoms with van der Waals surface area (Å²) in [7, 11) is 0. The van der Waals surface area contributed by atoms with Crippen LogP contribution < -0.4 is 5.32 Å². The Labute approximate surface area is 116 Å².